The van der Waals surface area contributed by atoms with Crippen LogP contribution in [0.25, 0.3) is 22.2 Å². The maximum absolute atomic E-state index is 12.2. The SMILES string of the molecule is C=CC(CC)COON([O-])C1(Cc2c(C)noc2C)CC1.CC(C)(C)OCC=O.CC(C)C.CCc1ccc2c(=O)cc(-c3ccccc3)[nH]c2c1.CN1CCCC1C(N)=O.NC=O.[K+]. The van der Waals surface area contributed by atoms with E-state index in [0.717, 1.165) is 96.5 Å². The molecule has 1 aliphatic carbocycles. The van der Waals surface area contributed by atoms with Crippen molar-refractivity contribution in [2.24, 2.45) is 23.3 Å². The number of benzene rings is 2. The van der Waals surface area contributed by atoms with Gasteiger partial charge in [-0.2, -0.15) is 4.99 Å². The zero-order valence-corrected chi connectivity index (χ0v) is 44.2. The van der Waals surface area contributed by atoms with Gasteiger partial charge in [-0.1, -0.05) is 82.2 Å². The number of aromatic amines is 1. The Kier molecular flexibility index (Phi) is 30.6. The number of likely N-dealkylation sites (tertiary alicyclic amines) is 1. The maximum Gasteiger partial charge on any atom is 1.00 e. The molecule has 3 heterocycles. The molecule has 15 nitrogen and oxygen atoms in total. The quantitative estimate of drug-likeness (QED) is 0.0481. The summed E-state index contributed by atoms with van der Waals surface area (Å²) in [6, 6.07) is 17.6. The number of rotatable bonds is 14. The van der Waals surface area contributed by atoms with E-state index in [1.165, 1.54) is 5.56 Å². The van der Waals surface area contributed by atoms with Crippen LogP contribution in [0.3, 0.4) is 0 Å². The van der Waals surface area contributed by atoms with Crippen molar-refractivity contribution in [1.82, 2.24) is 20.3 Å². The molecule has 5 N–H and O–H groups in total. The van der Waals surface area contributed by atoms with Gasteiger partial charge in [-0.3, -0.25) is 19.3 Å². The average molecular weight is 931 g/mol. The summed E-state index contributed by atoms with van der Waals surface area (Å²) in [4.78, 5) is 56.4. The molecule has 2 aromatic carbocycles. The monoisotopic (exact) mass is 931 g/mol. The standard InChI is InChI=1S/C17H15NO.C15H23N2O4.C6H12N2O.C6H12O2.C4H10.CH3NO.K/c1-2-12-8-9-14-16(10-12)18-15(11-17(14)19)13-6-4-3-5-7-13;1-5-13(6-2)10-19-21-17(18)15(7-8-15)9-14-11(3)16-20-12(14)4;1-8-4-2-3-5(8)6(7)9;1-6(2,3)8-5-4-7;1-4(2)3;2-1-3;/h3-11H,2H2,1H3,(H,18,19);5,13H,1,6-10H2,2-4H3;5H,2-4H2,1H3,(H2,7,9);4H,5H2,1-3H3;4H,1-3H3;1H,(H2,2,3);/q;-1;;;;;+1. The first-order valence-electron chi connectivity index (χ1n) is 22.0. The smallest absolute Gasteiger partial charge is 0.759 e. The van der Waals surface area contributed by atoms with Crippen molar-refractivity contribution in [3.8, 4) is 11.3 Å². The van der Waals surface area contributed by atoms with Gasteiger partial charge in [0.1, 0.15) is 18.7 Å². The van der Waals surface area contributed by atoms with Crippen LogP contribution in [-0.4, -0.2) is 82.9 Å². The summed E-state index contributed by atoms with van der Waals surface area (Å²) >= 11 is 0. The Morgan fingerprint density at radius 3 is 2.14 bits per heavy atom. The Morgan fingerprint density at radius 1 is 1.11 bits per heavy atom. The second-order valence-electron chi connectivity index (χ2n) is 17.4. The number of pyridine rings is 1. The Balaban J connectivity index is 0.000000846. The van der Waals surface area contributed by atoms with Gasteiger partial charge >= 0.3 is 51.4 Å². The fourth-order valence-electron chi connectivity index (χ4n) is 6.10. The van der Waals surface area contributed by atoms with E-state index in [2.05, 4.69) is 56.2 Å². The van der Waals surface area contributed by atoms with Crippen LogP contribution in [0, 0.1) is 30.9 Å². The number of hydrogen-bond donors (Lipinski definition) is 3. The van der Waals surface area contributed by atoms with E-state index in [9.17, 15) is 19.6 Å². The number of aryl methyl sites for hydroxylation is 3. The van der Waals surface area contributed by atoms with Crippen molar-refractivity contribution in [2.45, 2.75) is 131 Å². The molecule has 2 atom stereocenters. The third-order valence-electron chi connectivity index (χ3n) is 9.98. The first kappa shape index (κ1) is 61.6. The van der Waals surface area contributed by atoms with E-state index >= 15 is 0 Å². The summed E-state index contributed by atoms with van der Waals surface area (Å²) in [6.45, 7) is 25.4. The van der Waals surface area contributed by atoms with Crippen LogP contribution in [0.2, 0.25) is 0 Å². The predicted octanol–water partition coefficient (Wildman–Crippen LogP) is 5.33. The van der Waals surface area contributed by atoms with Crippen LogP contribution in [0.4, 0.5) is 0 Å². The second kappa shape index (κ2) is 32.3. The Hall–Kier alpha value is -3.39. The van der Waals surface area contributed by atoms with Crippen molar-refractivity contribution >= 4 is 29.5 Å². The number of nitrogens with zero attached hydrogens (tertiary/aromatic N) is 3. The van der Waals surface area contributed by atoms with Crippen molar-refractivity contribution in [3.63, 3.8) is 0 Å². The van der Waals surface area contributed by atoms with Gasteiger partial charge in [0.25, 0.3) is 0 Å². The molecule has 0 radical (unpaired) electrons. The van der Waals surface area contributed by atoms with Gasteiger partial charge in [0.2, 0.25) is 12.3 Å². The van der Waals surface area contributed by atoms with Crippen LogP contribution >= 0.6 is 0 Å². The van der Waals surface area contributed by atoms with Crippen LogP contribution in [0.1, 0.15) is 110 Å². The number of carbonyl (C=O) groups excluding carboxylic acids is 3. The van der Waals surface area contributed by atoms with E-state index in [-0.39, 0.29) is 93.3 Å². The minimum absolute atomic E-state index is 0. The van der Waals surface area contributed by atoms with Crippen molar-refractivity contribution in [3.05, 3.63) is 105 Å². The number of fused-ring (bicyclic) bond motifs is 1. The number of aromatic nitrogens is 2. The minimum atomic E-state index is -0.545. The number of hydroxylamine groups is 2. The summed E-state index contributed by atoms with van der Waals surface area (Å²) in [5, 5.41) is 17.4. The molecule has 2 aliphatic rings. The molecule has 4 aromatic rings. The second-order valence-corrected chi connectivity index (χ2v) is 17.4. The number of H-pyrrole nitrogens is 1. The number of ether oxygens (including phenoxy) is 1. The molecule has 356 valence electrons. The summed E-state index contributed by atoms with van der Waals surface area (Å²) < 4.78 is 10.1. The molecule has 1 saturated carbocycles. The zero-order chi connectivity index (χ0) is 48.5. The molecule has 6 rings (SSSR count). The van der Waals surface area contributed by atoms with Crippen LogP contribution in [0.15, 0.2) is 76.6 Å². The largest absolute Gasteiger partial charge is 1.00 e. The fraction of sp³-hybridized carbons (Fsp3) is 0.531. The molecule has 1 saturated heterocycles. The number of hydrogen-bond acceptors (Lipinski definition) is 12. The Morgan fingerprint density at radius 2 is 1.72 bits per heavy atom. The van der Waals surface area contributed by atoms with Gasteiger partial charge in [0.05, 0.1) is 23.9 Å². The molecule has 2 amide bonds. The zero-order valence-electron chi connectivity index (χ0n) is 41.1. The Labute approximate surface area is 429 Å². The van der Waals surface area contributed by atoms with E-state index in [1.54, 1.807) is 12.1 Å². The van der Waals surface area contributed by atoms with Gasteiger partial charge in [-0.05, 0) is 122 Å². The number of aldehydes is 1. The van der Waals surface area contributed by atoms with Gasteiger partial charge in [0, 0.05) is 39.7 Å². The van der Waals surface area contributed by atoms with E-state index in [0.29, 0.717) is 18.3 Å². The third-order valence-corrected chi connectivity index (χ3v) is 9.98. The number of nitrogens with two attached hydrogens (primary N) is 2. The summed E-state index contributed by atoms with van der Waals surface area (Å²) in [6.07, 6.45) is 8.84. The van der Waals surface area contributed by atoms with Crippen LogP contribution < -0.4 is 68.3 Å². The van der Waals surface area contributed by atoms with E-state index < -0.39 is 5.54 Å². The van der Waals surface area contributed by atoms with E-state index in [4.69, 9.17) is 29.7 Å². The normalized spacial score (nSPS) is 15.1. The molecule has 0 bridgehead atoms. The molecule has 2 unspecified atom stereocenters. The van der Waals surface area contributed by atoms with Gasteiger partial charge in [-0.15, -0.1) is 6.58 Å². The van der Waals surface area contributed by atoms with Crippen molar-refractivity contribution in [2.75, 3.05) is 26.8 Å². The van der Waals surface area contributed by atoms with Gasteiger partial charge < -0.3 is 35.7 Å². The first-order valence-corrected chi connectivity index (χ1v) is 22.0. The Bertz CT molecular complexity index is 2010. The predicted molar refractivity (Wildman–Crippen MR) is 255 cm³/mol. The third kappa shape index (κ3) is 23.8. The molecule has 16 heteroatoms. The topological polar surface area (TPSA) is 219 Å². The number of primary amides is 2. The molecule has 2 fully saturated rings. The van der Waals surface area contributed by atoms with Gasteiger partial charge in [0.15, 0.2) is 5.43 Å². The first-order chi connectivity index (χ1) is 30.2. The molecular weight excluding hydrogens is 856 g/mol. The van der Waals surface area contributed by atoms with E-state index in [1.807, 2.05) is 96.0 Å². The van der Waals surface area contributed by atoms with Crippen LogP contribution in [0.5, 0.6) is 0 Å². The molecule has 2 aromatic heterocycles. The van der Waals surface area contributed by atoms with Crippen molar-refractivity contribution in [1.29, 1.82) is 0 Å². The molecule has 65 heavy (non-hydrogen) atoms. The number of likely N-dealkylation sites (N-methyl/N-ethyl adjacent to an activating group) is 1. The molecule has 0 spiro atoms. The van der Waals surface area contributed by atoms with Crippen molar-refractivity contribution < 1.29 is 84.9 Å². The number of amides is 2. The number of nitrogens with one attached hydrogen (secondary N) is 1. The fourth-order valence-corrected chi connectivity index (χ4v) is 6.10. The maximum atomic E-state index is 12.2. The summed E-state index contributed by atoms with van der Waals surface area (Å²) in [5.41, 5.74) is 14.5. The van der Waals surface area contributed by atoms with Gasteiger partial charge in [-0.25, -0.2) is 10.1 Å². The average Bonchev–Trinajstić information content (AvgIpc) is 3.81. The van der Waals surface area contributed by atoms with Crippen LogP contribution in [-0.2, 0) is 41.8 Å². The molecule has 1 aliphatic heterocycles. The number of carbonyl (C=O) groups is 3. The molecular formula is C49H75KN6O9. The summed E-state index contributed by atoms with van der Waals surface area (Å²) in [7, 11) is 1.93. The minimum Gasteiger partial charge on any atom is -0.759 e. The summed E-state index contributed by atoms with van der Waals surface area (Å²) in [5.74, 6) is 1.59.